The fourth-order valence-corrected chi connectivity index (χ4v) is 1.37. The van der Waals surface area contributed by atoms with Gasteiger partial charge < -0.3 is 15.1 Å². The van der Waals surface area contributed by atoms with E-state index >= 15 is 0 Å². The van der Waals surface area contributed by atoms with Crippen LogP contribution in [0.15, 0.2) is 24.3 Å². The van der Waals surface area contributed by atoms with Gasteiger partial charge in [-0.25, -0.2) is 0 Å². The first-order chi connectivity index (χ1) is 7.13. The van der Waals surface area contributed by atoms with Crippen molar-refractivity contribution in [2.75, 3.05) is 18.5 Å². The molecule has 0 bridgehead atoms. The van der Waals surface area contributed by atoms with Crippen LogP contribution in [0.4, 0.5) is 5.69 Å². The molecule has 0 aromatic heterocycles. The van der Waals surface area contributed by atoms with Gasteiger partial charge in [0.1, 0.15) is 0 Å². The fourth-order valence-electron chi connectivity index (χ4n) is 1.37. The Hall–Kier alpha value is -1.06. The number of anilines is 1. The first-order valence-electron chi connectivity index (χ1n) is 5.22. The number of benzene rings is 1. The lowest BCUT2D eigenvalue weighted by atomic mass is 10.2. The van der Waals surface area contributed by atoms with Gasteiger partial charge in [0, 0.05) is 19.3 Å². The maximum Gasteiger partial charge on any atom is 0.0681 e. The zero-order valence-corrected chi connectivity index (χ0v) is 9.35. The summed E-state index contributed by atoms with van der Waals surface area (Å²) in [5, 5.41) is 18.1. The Kier molecular flexibility index (Phi) is 4.59. The maximum absolute atomic E-state index is 9.17. The molecule has 1 unspecified atom stereocenters. The highest BCUT2D eigenvalue weighted by molar-refractivity contribution is 5.46. The fraction of sp³-hybridized carbons (Fsp3) is 0.500. The molecule has 1 aromatic carbocycles. The van der Waals surface area contributed by atoms with Crippen LogP contribution in [0.2, 0.25) is 0 Å². The summed E-state index contributed by atoms with van der Waals surface area (Å²) in [6.07, 6.45) is 0.502. The van der Waals surface area contributed by atoms with E-state index in [1.54, 1.807) is 6.92 Å². The number of rotatable bonds is 5. The van der Waals surface area contributed by atoms with Gasteiger partial charge in [-0.05, 0) is 31.0 Å². The number of aliphatic hydroxyl groups is 2. The summed E-state index contributed by atoms with van der Waals surface area (Å²) in [5.74, 6) is 0. The zero-order chi connectivity index (χ0) is 11.3. The van der Waals surface area contributed by atoms with Crippen LogP contribution in [-0.2, 0) is 6.61 Å². The van der Waals surface area contributed by atoms with Crippen molar-refractivity contribution in [1.82, 2.24) is 0 Å². The van der Waals surface area contributed by atoms with Gasteiger partial charge >= 0.3 is 0 Å². The van der Waals surface area contributed by atoms with Crippen LogP contribution in [0.25, 0.3) is 0 Å². The van der Waals surface area contributed by atoms with Crippen molar-refractivity contribution in [3.8, 4) is 0 Å². The highest BCUT2D eigenvalue weighted by atomic mass is 16.3. The smallest absolute Gasteiger partial charge is 0.0681 e. The Labute approximate surface area is 91.0 Å². The predicted octanol–water partition coefficient (Wildman–Crippen LogP) is 1.39. The molecule has 15 heavy (non-hydrogen) atoms. The van der Waals surface area contributed by atoms with Gasteiger partial charge in [-0.15, -0.1) is 0 Å². The third-order valence-electron chi connectivity index (χ3n) is 2.44. The van der Waals surface area contributed by atoms with Crippen LogP contribution in [0, 0.1) is 0 Å². The lowest BCUT2D eigenvalue weighted by Crippen LogP contribution is -2.21. The van der Waals surface area contributed by atoms with Crippen LogP contribution in [0.5, 0.6) is 0 Å². The standard InChI is InChI=1S/C12H19NO2/c1-10(15)7-8-13(2)12-5-3-11(9-14)4-6-12/h3-6,10,14-15H,7-9H2,1-2H3. The molecule has 0 spiro atoms. The van der Waals surface area contributed by atoms with E-state index in [1.165, 1.54) is 0 Å². The third kappa shape index (κ3) is 3.90. The van der Waals surface area contributed by atoms with Crippen LogP contribution in [0.1, 0.15) is 18.9 Å². The highest BCUT2D eigenvalue weighted by Crippen LogP contribution is 2.14. The average molecular weight is 209 g/mol. The molecule has 0 aliphatic carbocycles. The Morgan fingerprint density at radius 1 is 1.27 bits per heavy atom. The normalized spacial score (nSPS) is 12.5. The van der Waals surface area contributed by atoms with Gasteiger partial charge in [-0.1, -0.05) is 12.1 Å². The molecule has 0 aliphatic heterocycles. The van der Waals surface area contributed by atoms with Gasteiger partial charge in [-0.3, -0.25) is 0 Å². The highest BCUT2D eigenvalue weighted by Gasteiger charge is 2.02. The summed E-state index contributed by atoms with van der Waals surface area (Å²) in [6, 6.07) is 7.78. The van der Waals surface area contributed by atoms with Gasteiger partial charge in [-0.2, -0.15) is 0 Å². The van der Waals surface area contributed by atoms with Gasteiger partial charge in [0.05, 0.1) is 12.7 Å². The summed E-state index contributed by atoms with van der Waals surface area (Å²) in [4.78, 5) is 2.09. The molecule has 0 amide bonds. The molecule has 2 N–H and O–H groups in total. The van der Waals surface area contributed by atoms with E-state index in [1.807, 2.05) is 31.3 Å². The first-order valence-corrected chi connectivity index (χ1v) is 5.22. The average Bonchev–Trinajstić information content (AvgIpc) is 2.26. The minimum atomic E-state index is -0.260. The van der Waals surface area contributed by atoms with Crippen molar-refractivity contribution in [3.63, 3.8) is 0 Å². The van der Waals surface area contributed by atoms with E-state index in [2.05, 4.69) is 4.90 Å². The Morgan fingerprint density at radius 3 is 2.33 bits per heavy atom. The summed E-state index contributed by atoms with van der Waals surface area (Å²) in [7, 11) is 2.00. The van der Waals surface area contributed by atoms with Crippen molar-refractivity contribution >= 4 is 5.69 Å². The molecule has 3 heteroatoms. The SMILES string of the molecule is CC(O)CCN(C)c1ccc(CO)cc1. The minimum Gasteiger partial charge on any atom is -0.393 e. The Balaban J connectivity index is 2.54. The zero-order valence-electron chi connectivity index (χ0n) is 9.35. The van der Waals surface area contributed by atoms with Crippen molar-refractivity contribution in [2.24, 2.45) is 0 Å². The number of hydrogen-bond acceptors (Lipinski definition) is 3. The second-order valence-corrected chi connectivity index (χ2v) is 3.88. The molecule has 0 fully saturated rings. The van der Waals surface area contributed by atoms with Gasteiger partial charge in [0.15, 0.2) is 0 Å². The number of nitrogens with zero attached hydrogens (tertiary/aromatic N) is 1. The minimum absolute atomic E-state index is 0.0810. The van der Waals surface area contributed by atoms with Gasteiger partial charge in [0.2, 0.25) is 0 Å². The van der Waals surface area contributed by atoms with Gasteiger partial charge in [0.25, 0.3) is 0 Å². The Bertz CT molecular complexity index is 282. The number of aliphatic hydroxyl groups excluding tert-OH is 2. The van der Waals surface area contributed by atoms with E-state index < -0.39 is 0 Å². The molecule has 3 nitrogen and oxygen atoms in total. The summed E-state index contributed by atoms with van der Waals surface area (Å²) in [6.45, 7) is 2.70. The largest absolute Gasteiger partial charge is 0.393 e. The topological polar surface area (TPSA) is 43.7 Å². The molecular weight excluding hydrogens is 190 g/mol. The molecule has 84 valence electrons. The first kappa shape index (κ1) is 12.0. The van der Waals surface area contributed by atoms with E-state index in [9.17, 15) is 5.11 Å². The lowest BCUT2D eigenvalue weighted by Gasteiger charge is -2.20. The lowest BCUT2D eigenvalue weighted by molar-refractivity contribution is 0.187. The quantitative estimate of drug-likeness (QED) is 0.770. The van der Waals surface area contributed by atoms with E-state index in [4.69, 9.17) is 5.11 Å². The van der Waals surface area contributed by atoms with Crippen LogP contribution in [0.3, 0.4) is 0 Å². The van der Waals surface area contributed by atoms with E-state index in [-0.39, 0.29) is 12.7 Å². The third-order valence-corrected chi connectivity index (χ3v) is 2.44. The molecule has 0 radical (unpaired) electrons. The van der Waals surface area contributed by atoms with Crippen LogP contribution >= 0.6 is 0 Å². The Morgan fingerprint density at radius 2 is 1.87 bits per heavy atom. The van der Waals surface area contributed by atoms with E-state index in [0.29, 0.717) is 0 Å². The van der Waals surface area contributed by atoms with Crippen molar-refractivity contribution < 1.29 is 10.2 Å². The molecule has 1 atom stereocenters. The summed E-state index contributed by atoms with van der Waals surface area (Å²) in [5.41, 5.74) is 2.02. The monoisotopic (exact) mass is 209 g/mol. The second-order valence-electron chi connectivity index (χ2n) is 3.88. The van der Waals surface area contributed by atoms with Crippen LogP contribution < -0.4 is 4.90 Å². The number of hydrogen-bond donors (Lipinski definition) is 2. The summed E-state index contributed by atoms with van der Waals surface area (Å²) < 4.78 is 0. The predicted molar refractivity (Wildman–Crippen MR) is 61.9 cm³/mol. The summed E-state index contributed by atoms with van der Waals surface area (Å²) >= 11 is 0. The molecule has 0 aliphatic rings. The molecule has 1 rings (SSSR count). The van der Waals surface area contributed by atoms with Crippen LogP contribution in [-0.4, -0.2) is 29.9 Å². The van der Waals surface area contributed by atoms with Crippen molar-refractivity contribution in [2.45, 2.75) is 26.1 Å². The molecule has 0 saturated carbocycles. The maximum atomic E-state index is 9.17. The van der Waals surface area contributed by atoms with Crippen molar-refractivity contribution in [1.29, 1.82) is 0 Å². The second kappa shape index (κ2) is 5.73. The molecular formula is C12H19NO2. The van der Waals surface area contributed by atoms with E-state index in [0.717, 1.165) is 24.2 Å². The van der Waals surface area contributed by atoms with Crippen molar-refractivity contribution in [3.05, 3.63) is 29.8 Å². The molecule has 0 heterocycles. The molecule has 1 aromatic rings. The molecule has 0 saturated heterocycles.